The maximum atomic E-state index is 12.9. The predicted molar refractivity (Wildman–Crippen MR) is 148 cm³/mol. The Morgan fingerprint density at radius 1 is 1.08 bits per heavy atom. The Bertz CT molecular complexity index is 1360. The summed E-state index contributed by atoms with van der Waals surface area (Å²) in [6.07, 6.45) is 1.71. The van der Waals surface area contributed by atoms with Crippen LogP contribution in [0.3, 0.4) is 0 Å². The van der Waals surface area contributed by atoms with Crippen molar-refractivity contribution in [3.8, 4) is 11.4 Å². The highest BCUT2D eigenvalue weighted by Crippen LogP contribution is 2.35. The fourth-order valence-corrected chi connectivity index (χ4v) is 5.26. The quantitative estimate of drug-likeness (QED) is 0.225. The van der Waals surface area contributed by atoms with Gasteiger partial charge in [0, 0.05) is 21.5 Å². The second-order valence-corrected chi connectivity index (χ2v) is 10.5. The van der Waals surface area contributed by atoms with Crippen LogP contribution >= 0.6 is 27.7 Å². The van der Waals surface area contributed by atoms with Gasteiger partial charge >= 0.3 is 5.97 Å². The third-order valence-corrected chi connectivity index (χ3v) is 7.42. The highest BCUT2D eigenvalue weighted by atomic mass is 79.9. The van der Waals surface area contributed by atoms with Crippen molar-refractivity contribution in [3.05, 3.63) is 86.5 Å². The topological polar surface area (TPSA) is 77.8 Å². The molecule has 2 amide bonds. The van der Waals surface area contributed by atoms with Crippen LogP contribution in [0.2, 0.25) is 0 Å². The largest absolute Gasteiger partial charge is 0.489 e. The van der Waals surface area contributed by atoms with Crippen molar-refractivity contribution in [2.45, 2.75) is 40.3 Å². The minimum Gasteiger partial charge on any atom is -0.489 e. The van der Waals surface area contributed by atoms with E-state index >= 15 is 0 Å². The Morgan fingerprint density at radius 3 is 2.41 bits per heavy atom. The Balaban J connectivity index is 1.51. The van der Waals surface area contributed by atoms with E-state index in [0.29, 0.717) is 6.61 Å². The SMILES string of the molecule is CCOC(=O)[C@H](C)N1C(=O)S/C(=C/c2cc(C)n(-c3ccc(OCc4ccc(Br)cc4)cc3)c2C)C1=O. The van der Waals surface area contributed by atoms with Gasteiger partial charge in [0.25, 0.3) is 11.1 Å². The molecule has 0 N–H and O–H groups in total. The van der Waals surface area contributed by atoms with Crippen molar-refractivity contribution < 1.29 is 23.9 Å². The number of carbonyl (C=O) groups is 3. The molecule has 1 aliphatic heterocycles. The summed E-state index contributed by atoms with van der Waals surface area (Å²) < 4.78 is 14.0. The molecule has 1 atom stereocenters. The molecule has 0 radical (unpaired) electrons. The van der Waals surface area contributed by atoms with Crippen molar-refractivity contribution in [1.29, 1.82) is 0 Å². The first-order chi connectivity index (χ1) is 17.7. The number of hydrogen-bond acceptors (Lipinski definition) is 6. The summed E-state index contributed by atoms with van der Waals surface area (Å²) in [7, 11) is 0. The van der Waals surface area contributed by atoms with Gasteiger partial charge in [0.05, 0.1) is 11.5 Å². The molecule has 1 aromatic heterocycles. The second kappa shape index (κ2) is 11.4. The Labute approximate surface area is 228 Å². The number of aromatic nitrogens is 1. The smallest absolute Gasteiger partial charge is 0.329 e. The van der Waals surface area contributed by atoms with Crippen molar-refractivity contribution in [2.75, 3.05) is 6.61 Å². The summed E-state index contributed by atoms with van der Waals surface area (Å²) in [5.41, 5.74) is 4.75. The molecule has 192 valence electrons. The molecule has 3 aromatic rings. The van der Waals surface area contributed by atoms with Gasteiger partial charge in [-0.3, -0.25) is 14.5 Å². The molecule has 0 aliphatic carbocycles. The number of aryl methyl sites for hydroxylation is 1. The molecule has 0 spiro atoms. The maximum absolute atomic E-state index is 12.9. The van der Waals surface area contributed by atoms with Gasteiger partial charge in [-0.2, -0.15) is 0 Å². The molecule has 7 nitrogen and oxygen atoms in total. The number of benzene rings is 2. The normalized spacial score (nSPS) is 15.4. The first-order valence-electron chi connectivity index (χ1n) is 11.8. The maximum Gasteiger partial charge on any atom is 0.329 e. The van der Waals surface area contributed by atoms with Crippen LogP contribution in [-0.4, -0.2) is 39.2 Å². The van der Waals surface area contributed by atoms with Crippen LogP contribution in [0.25, 0.3) is 11.8 Å². The van der Waals surface area contributed by atoms with E-state index in [4.69, 9.17) is 9.47 Å². The molecule has 0 bridgehead atoms. The third kappa shape index (κ3) is 5.83. The van der Waals surface area contributed by atoms with Crippen LogP contribution < -0.4 is 4.74 Å². The standard InChI is InChI=1S/C28H27BrN2O5S/c1-5-35-27(33)19(4)31-26(32)25(37-28(31)34)15-21-14-17(2)30(18(21)3)23-10-12-24(13-11-23)36-16-20-6-8-22(29)9-7-20/h6-15,19H,5,16H2,1-4H3/b25-15+/t19-/m0/s1. The molecule has 9 heteroatoms. The second-order valence-electron chi connectivity index (χ2n) is 8.55. The average molecular weight is 584 g/mol. The molecular formula is C28H27BrN2O5S. The van der Waals surface area contributed by atoms with Gasteiger partial charge in [0.1, 0.15) is 18.4 Å². The molecule has 0 saturated carbocycles. The van der Waals surface area contributed by atoms with Crippen LogP contribution in [0.5, 0.6) is 5.75 Å². The minimum atomic E-state index is -0.977. The lowest BCUT2D eigenvalue weighted by Gasteiger charge is -2.19. The zero-order chi connectivity index (χ0) is 26.7. The number of hydrogen-bond donors (Lipinski definition) is 0. The monoisotopic (exact) mass is 582 g/mol. The van der Waals surface area contributed by atoms with Crippen molar-refractivity contribution in [3.63, 3.8) is 0 Å². The molecule has 1 saturated heterocycles. The van der Waals surface area contributed by atoms with Gasteiger partial charge in [-0.05, 0) is 99.1 Å². The summed E-state index contributed by atoms with van der Waals surface area (Å²) >= 11 is 4.26. The van der Waals surface area contributed by atoms with Crippen LogP contribution in [0, 0.1) is 13.8 Å². The fraction of sp³-hybridized carbons (Fsp3) is 0.250. The van der Waals surface area contributed by atoms with E-state index in [-0.39, 0.29) is 11.5 Å². The molecule has 1 fully saturated rings. The lowest BCUT2D eigenvalue weighted by Crippen LogP contribution is -2.42. The highest BCUT2D eigenvalue weighted by Gasteiger charge is 2.41. The van der Waals surface area contributed by atoms with Gasteiger partial charge < -0.3 is 14.0 Å². The van der Waals surface area contributed by atoms with Crippen molar-refractivity contribution >= 4 is 50.9 Å². The number of halogens is 1. The van der Waals surface area contributed by atoms with Crippen molar-refractivity contribution in [1.82, 2.24) is 9.47 Å². The van der Waals surface area contributed by atoms with E-state index < -0.39 is 23.2 Å². The van der Waals surface area contributed by atoms with Gasteiger partial charge in [-0.1, -0.05) is 28.1 Å². The van der Waals surface area contributed by atoms with E-state index in [1.54, 1.807) is 13.0 Å². The number of amides is 2. The fourth-order valence-electron chi connectivity index (χ4n) is 4.09. The van der Waals surface area contributed by atoms with E-state index in [0.717, 1.165) is 55.1 Å². The highest BCUT2D eigenvalue weighted by molar-refractivity contribution is 9.10. The summed E-state index contributed by atoms with van der Waals surface area (Å²) in [5.74, 6) is -0.333. The summed E-state index contributed by atoms with van der Waals surface area (Å²) in [5, 5.41) is -0.482. The number of carbonyl (C=O) groups excluding carboxylic acids is 3. The first-order valence-corrected chi connectivity index (χ1v) is 13.4. The Hall–Kier alpha value is -3.30. The summed E-state index contributed by atoms with van der Waals surface area (Å²) in [6.45, 7) is 7.77. The summed E-state index contributed by atoms with van der Waals surface area (Å²) in [6, 6.07) is 16.8. The molecule has 4 rings (SSSR count). The van der Waals surface area contributed by atoms with Crippen LogP contribution in [0.4, 0.5) is 4.79 Å². The van der Waals surface area contributed by atoms with E-state index in [1.807, 2.05) is 68.4 Å². The third-order valence-electron chi connectivity index (χ3n) is 6.01. The molecule has 37 heavy (non-hydrogen) atoms. The zero-order valence-corrected chi connectivity index (χ0v) is 23.4. The Kier molecular flexibility index (Phi) is 8.24. The van der Waals surface area contributed by atoms with Gasteiger partial charge in [0.15, 0.2) is 0 Å². The number of thioether (sulfide) groups is 1. The van der Waals surface area contributed by atoms with E-state index in [2.05, 4.69) is 20.5 Å². The molecular weight excluding hydrogens is 556 g/mol. The predicted octanol–water partition coefficient (Wildman–Crippen LogP) is 6.42. The van der Waals surface area contributed by atoms with Crippen LogP contribution in [-0.2, 0) is 20.9 Å². The number of nitrogens with zero attached hydrogens (tertiary/aromatic N) is 2. The molecule has 2 aromatic carbocycles. The van der Waals surface area contributed by atoms with Crippen LogP contribution in [0.15, 0.2) is 64.0 Å². The molecule has 1 aliphatic rings. The number of ether oxygens (including phenoxy) is 2. The van der Waals surface area contributed by atoms with Crippen molar-refractivity contribution in [2.24, 2.45) is 0 Å². The lowest BCUT2D eigenvalue weighted by atomic mass is 10.2. The Morgan fingerprint density at radius 2 is 1.76 bits per heavy atom. The van der Waals surface area contributed by atoms with Gasteiger partial charge in [-0.25, -0.2) is 4.79 Å². The number of esters is 1. The van der Waals surface area contributed by atoms with E-state index in [9.17, 15) is 14.4 Å². The molecule has 0 unspecified atom stereocenters. The zero-order valence-electron chi connectivity index (χ0n) is 21.0. The van der Waals surface area contributed by atoms with Crippen LogP contribution in [0.1, 0.15) is 36.4 Å². The van der Waals surface area contributed by atoms with Gasteiger partial charge in [0.2, 0.25) is 0 Å². The average Bonchev–Trinajstić information content (AvgIpc) is 3.31. The first kappa shape index (κ1) is 26.8. The summed E-state index contributed by atoms with van der Waals surface area (Å²) in [4.78, 5) is 38.8. The lowest BCUT2D eigenvalue weighted by molar-refractivity contribution is -0.150. The number of rotatable bonds is 8. The minimum absolute atomic E-state index is 0.180. The number of imide groups is 1. The molecule has 2 heterocycles. The van der Waals surface area contributed by atoms with E-state index in [1.165, 1.54) is 6.92 Å². The van der Waals surface area contributed by atoms with Gasteiger partial charge in [-0.15, -0.1) is 0 Å².